The summed E-state index contributed by atoms with van der Waals surface area (Å²) in [5, 5.41) is 14.1. The first kappa shape index (κ1) is 19.6. The van der Waals surface area contributed by atoms with Gasteiger partial charge in [0, 0.05) is 11.3 Å². The van der Waals surface area contributed by atoms with Crippen LogP contribution in [0.5, 0.6) is 0 Å². The molecular weight excluding hydrogens is 364 g/mol. The van der Waals surface area contributed by atoms with Gasteiger partial charge in [0.1, 0.15) is 6.07 Å². The molecule has 1 aromatic heterocycles. The summed E-state index contributed by atoms with van der Waals surface area (Å²) >= 11 is 10.2. The van der Waals surface area contributed by atoms with E-state index < -0.39 is 0 Å². The van der Waals surface area contributed by atoms with Crippen LogP contribution in [0.4, 0.5) is 0 Å². The highest BCUT2D eigenvalue weighted by Gasteiger charge is 2.14. The van der Waals surface area contributed by atoms with E-state index >= 15 is 0 Å². The SMILES string of the molecule is Cc1nn(Cc2ccccc2)c(C)c1-c1ccc(C#N)c(Cl)c1.NC=S. The molecule has 0 bridgehead atoms. The summed E-state index contributed by atoms with van der Waals surface area (Å²) < 4.78 is 2.01. The number of nitriles is 1. The number of benzene rings is 2. The highest BCUT2D eigenvalue weighted by atomic mass is 35.5. The van der Waals surface area contributed by atoms with Gasteiger partial charge >= 0.3 is 0 Å². The van der Waals surface area contributed by atoms with Crippen molar-refractivity contribution in [2.24, 2.45) is 5.73 Å². The van der Waals surface area contributed by atoms with Gasteiger partial charge in [0.2, 0.25) is 0 Å². The fraction of sp³-hybridized carbons (Fsp3) is 0.150. The van der Waals surface area contributed by atoms with Crippen LogP contribution < -0.4 is 5.73 Å². The Labute approximate surface area is 163 Å². The topological polar surface area (TPSA) is 67.6 Å². The van der Waals surface area contributed by atoms with Gasteiger partial charge in [-0.2, -0.15) is 10.4 Å². The molecular formula is C20H19ClN4S. The number of halogens is 1. The molecule has 2 aromatic carbocycles. The van der Waals surface area contributed by atoms with Crippen LogP contribution in [0.25, 0.3) is 11.1 Å². The third-order valence-electron chi connectivity index (χ3n) is 3.93. The molecule has 0 fully saturated rings. The monoisotopic (exact) mass is 382 g/mol. The van der Waals surface area contributed by atoms with Gasteiger partial charge < -0.3 is 5.73 Å². The van der Waals surface area contributed by atoms with E-state index in [4.69, 9.17) is 16.9 Å². The number of hydrogen-bond acceptors (Lipinski definition) is 3. The number of aryl methyl sites for hydroxylation is 1. The fourth-order valence-corrected chi connectivity index (χ4v) is 3.01. The second-order valence-corrected chi connectivity index (χ2v) is 6.31. The van der Waals surface area contributed by atoms with Crippen molar-refractivity contribution in [2.45, 2.75) is 20.4 Å². The summed E-state index contributed by atoms with van der Waals surface area (Å²) in [7, 11) is 0. The number of nitrogens with two attached hydrogens (primary N) is 1. The van der Waals surface area contributed by atoms with Gasteiger partial charge in [0.25, 0.3) is 0 Å². The number of thiocarbonyl (C=S) groups is 1. The van der Waals surface area contributed by atoms with E-state index in [-0.39, 0.29) is 0 Å². The quantitative estimate of drug-likeness (QED) is 0.670. The van der Waals surface area contributed by atoms with E-state index in [1.54, 1.807) is 6.07 Å². The summed E-state index contributed by atoms with van der Waals surface area (Å²) in [5.41, 5.74) is 11.4. The van der Waals surface area contributed by atoms with Crippen molar-refractivity contribution in [1.82, 2.24) is 9.78 Å². The Morgan fingerprint density at radius 2 is 1.88 bits per heavy atom. The van der Waals surface area contributed by atoms with Gasteiger partial charge in [-0.25, -0.2) is 0 Å². The van der Waals surface area contributed by atoms with Gasteiger partial charge in [0.05, 0.1) is 28.3 Å². The van der Waals surface area contributed by atoms with Crippen molar-refractivity contribution in [3.63, 3.8) is 0 Å². The first-order valence-electron chi connectivity index (χ1n) is 7.95. The lowest BCUT2D eigenvalue weighted by Gasteiger charge is -2.07. The molecule has 2 N–H and O–H groups in total. The van der Waals surface area contributed by atoms with E-state index in [0.717, 1.165) is 34.6 Å². The minimum Gasteiger partial charge on any atom is -0.396 e. The third-order valence-corrected chi connectivity index (χ3v) is 4.25. The van der Waals surface area contributed by atoms with Crippen LogP contribution in [0.15, 0.2) is 48.5 Å². The lowest BCUT2D eigenvalue weighted by Crippen LogP contribution is -2.03. The molecule has 0 aliphatic rings. The smallest absolute Gasteiger partial charge is 0.101 e. The minimum atomic E-state index is 0.472. The van der Waals surface area contributed by atoms with Crippen LogP contribution in [0.1, 0.15) is 22.5 Å². The van der Waals surface area contributed by atoms with Gasteiger partial charge in [0.15, 0.2) is 0 Å². The molecule has 26 heavy (non-hydrogen) atoms. The highest BCUT2D eigenvalue weighted by Crippen LogP contribution is 2.30. The van der Waals surface area contributed by atoms with Crippen LogP contribution in [0.3, 0.4) is 0 Å². The zero-order valence-electron chi connectivity index (χ0n) is 14.6. The predicted octanol–water partition coefficient (Wildman–Crippen LogP) is 4.64. The van der Waals surface area contributed by atoms with Crippen molar-refractivity contribution in [3.05, 3.63) is 76.1 Å². The van der Waals surface area contributed by atoms with Crippen LogP contribution in [-0.4, -0.2) is 15.3 Å². The molecule has 0 atom stereocenters. The molecule has 0 radical (unpaired) electrons. The molecule has 0 spiro atoms. The third kappa shape index (κ3) is 4.48. The first-order valence-corrected chi connectivity index (χ1v) is 8.80. The Balaban J connectivity index is 0.000000758. The van der Waals surface area contributed by atoms with Crippen LogP contribution in [0.2, 0.25) is 5.02 Å². The van der Waals surface area contributed by atoms with Crippen molar-refractivity contribution >= 4 is 29.3 Å². The number of aromatic nitrogens is 2. The van der Waals surface area contributed by atoms with Crippen LogP contribution >= 0.6 is 23.8 Å². The van der Waals surface area contributed by atoms with Gasteiger partial charge in [-0.05, 0) is 37.1 Å². The minimum absolute atomic E-state index is 0.472. The average molecular weight is 383 g/mol. The lowest BCUT2D eigenvalue weighted by atomic mass is 10.0. The van der Waals surface area contributed by atoms with E-state index in [1.165, 1.54) is 5.56 Å². The van der Waals surface area contributed by atoms with Gasteiger partial charge in [-0.15, -0.1) is 0 Å². The maximum absolute atomic E-state index is 9.01. The summed E-state index contributed by atoms with van der Waals surface area (Å²) in [4.78, 5) is 0. The number of rotatable bonds is 3. The summed E-state index contributed by atoms with van der Waals surface area (Å²) in [6.45, 7) is 4.79. The molecule has 1 heterocycles. The first-order chi connectivity index (χ1) is 12.5. The van der Waals surface area contributed by atoms with Crippen LogP contribution in [0, 0.1) is 25.2 Å². The zero-order valence-corrected chi connectivity index (χ0v) is 16.2. The lowest BCUT2D eigenvalue weighted by molar-refractivity contribution is 0.659. The second kappa shape index (κ2) is 9.14. The van der Waals surface area contributed by atoms with Crippen LogP contribution in [-0.2, 0) is 6.54 Å². The molecule has 0 unspecified atom stereocenters. The maximum atomic E-state index is 9.01. The zero-order chi connectivity index (χ0) is 19.1. The second-order valence-electron chi connectivity index (χ2n) is 5.63. The average Bonchev–Trinajstić information content (AvgIpc) is 2.90. The molecule has 6 heteroatoms. The fourth-order valence-electron chi connectivity index (χ4n) is 2.79. The van der Waals surface area contributed by atoms with Crippen molar-refractivity contribution in [1.29, 1.82) is 5.26 Å². The van der Waals surface area contributed by atoms with E-state index in [9.17, 15) is 0 Å². The normalized spacial score (nSPS) is 9.77. The van der Waals surface area contributed by atoms with Crippen molar-refractivity contribution in [3.8, 4) is 17.2 Å². The molecule has 4 nitrogen and oxygen atoms in total. The Bertz CT molecular complexity index is 942. The largest absolute Gasteiger partial charge is 0.396 e. The Morgan fingerprint density at radius 3 is 2.46 bits per heavy atom. The van der Waals surface area contributed by atoms with Gasteiger partial charge in [-0.3, -0.25) is 4.68 Å². The molecule has 0 saturated carbocycles. The maximum Gasteiger partial charge on any atom is 0.101 e. The highest BCUT2D eigenvalue weighted by molar-refractivity contribution is 7.78. The molecule has 132 valence electrons. The van der Waals surface area contributed by atoms with E-state index in [1.807, 2.05) is 41.9 Å². The summed E-state index contributed by atoms with van der Waals surface area (Å²) in [5.74, 6) is 0. The number of hydrogen-bond donors (Lipinski definition) is 1. The number of nitrogens with zero attached hydrogens (tertiary/aromatic N) is 3. The molecule has 3 aromatic rings. The molecule has 0 saturated heterocycles. The molecule has 0 amide bonds. The molecule has 0 aliphatic carbocycles. The van der Waals surface area contributed by atoms with E-state index in [0.29, 0.717) is 10.6 Å². The molecule has 3 rings (SSSR count). The predicted molar refractivity (Wildman–Crippen MR) is 110 cm³/mol. The summed E-state index contributed by atoms with van der Waals surface area (Å²) in [6, 6.07) is 17.9. The Kier molecular flexibility index (Phi) is 6.90. The van der Waals surface area contributed by atoms with Crippen molar-refractivity contribution in [2.75, 3.05) is 0 Å². The van der Waals surface area contributed by atoms with Gasteiger partial charge in [-0.1, -0.05) is 60.2 Å². The Morgan fingerprint density at radius 1 is 1.23 bits per heavy atom. The molecule has 0 aliphatic heterocycles. The standard InChI is InChI=1S/C19H16ClN3.CH3NS/c1-13-19(16-8-9-17(11-21)18(20)10-16)14(2)23(22-13)12-15-6-4-3-5-7-15;2-1-3/h3-10H,12H2,1-2H3;1H,(H2,2,3). The van der Waals surface area contributed by atoms with E-state index in [2.05, 4.69) is 48.2 Å². The Hall–Kier alpha value is -2.68. The summed E-state index contributed by atoms with van der Waals surface area (Å²) in [6.07, 6.45) is 0. The van der Waals surface area contributed by atoms with Crippen molar-refractivity contribution < 1.29 is 0 Å².